The number of carbonyl (C=O) groups is 2. The van der Waals surface area contributed by atoms with Gasteiger partial charge in [-0.3, -0.25) is 14.4 Å². The highest BCUT2D eigenvalue weighted by Gasteiger charge is 2.30. The van der Waals surface area contributed by atoms with Gasteiger partial charge in [-0.2, -0.15) is 0 Å². The summed E-state index contributed by atoms with van der Waals surface area (Å²) in [6.07, 6.45) is 3.49. The summed E-state index contributed by atoms with van der Waals surface area (Å²) < 4.78 is 1.78. The number of hydrogen-bond acceptors (Lipinski definition) is 3. The van der Waals surface area contributed by atoms with Crippen molar-refractivity contribution in [2.24, 2.45) is 11.8 Å². The first kappa shape index (κ1) is 17.2. The quantitative estimate of drug-likeness (QED) is 0.860. The molecule has 0 aromatic carbocycles. The van der Waals surface area contributed by atoms with Gasteiger partial charge < -0.3 is 15.0 Å². The Morgan fingerprint density at radius 2 is 1.83 bits per heavy atom. The third-order valence-corrected chi connectivity index (χ3v) is 4.64. The number of aryl methyl sites for hydroxylation is 2. The highest BCUT2D eigenvalue weighted by Crippen LogP contribution is 2.29. The second-order valence-electron chi connectivity index (χ2n) is 6.35. The molecule has 1 heterocycles. The van der Waals surface area contributed by atoms with Gasteiger partial charge in [-0.15, -0.1) is 0 Å². The van der Waals surface area contributed by atoms with Crippen LogP contribution < -0.4 is 10.7 Å². The lowest BCUT2D eigenvalue weighted by Gasteiger charge is -2.28. The molecular weight excluding hydrogens is 296 g/mol. The normalized spacial score (nSPS) is 21.0. The lowest BCUT2D eigenvalue weighted by Crippen LogP contribution is -2.38. The van der Waals surface area contributed by atoms with Crippen molar-refractivity contribution >= 4 is 11.9 Å². The maximum atomic E-state index is 12.2. The van der Waals surface area contributed by atoms with Crippen LogP contribution in [-0.2, 0) is 16.1 Å². The van der Waals surface area contributed by atoms with Gasteiger partial charge in [-0.1, -0.05) is 12.8 Å². The van der Waals surface area contributed by atoms with E-state index in [0.29, 0.717) is 13.0 Å². The Morgan fingerprint density at radius 3 is 2.43 bits per heavy atom. The van der Waals surface area contributed by atoms with E-state index in [9.17, 15) is 19.5 Å². The zero-order valence-electron chi connectivity index (χ0n) is 13.7. The van der Waals surface area contributed by atoms with E-state index in [1.165, 1.54) is 12.1 Å². The molecule has 0 unspecified atom stereocenters. The highest BCUT2D eigenvalue weighted by molar-refractivity contribution is 5.76. The number of hydrogen-bond donors (Lipinski definition) is 2. The molecule has 2 rings (SSSR count). The van der Waals surface area contributed by atoms with Crippen molar-refractivity contribution in [2.45, 2.75) is 46.1 Å². The van der Waals surface area contributed by atoms with Crippen LogP contribution in [0.25, 0.3) is 0 Å². The van der Waals surface area contributed by atoms with Crippen LogP contribution >= 0.6 is 0 Å². The van der Waals surface area contributed by atoms with Crippen molar-refractivity contribution in [3.63, 3.8) is 0 Å². The minimum absolute atomic E-state index is 0.00131. The van der Waals surface area contributed by atoms with Gasteiger partial charge in [-0.05, 0) is 32.6 Å². The van der Waals surface area contributed by atoms with Crippen LogP contribution in [0.1, 0.15) is 37.1 Å². The molecule has 0 aliphatic heterocycles. The fraction of sp³-hybridized carbons (Fsp3) is 0.588. The maximum Gasteiger partial charge on any atom is 0.306 e. The van der Waals surface area contributed by atoms with E-state index in [-0.39, 0.29) is 29.7 Å². The fourth-order valence-electron chi connectivity index (χ4n) is 3.36. The van der Waals surface area contributed by atoms with Crippen molar-refractivity contribution in [1.29, 1.82) is 0 Å². The number of aliphatic carboxylic acids is 1. The van der Waals surface area contributed by atoms with Crippen molar-refractivity contribution in [1.82, 2.24) is 9.88 Å². The Balaban J connectivity index is 1.95. The molecular formula is C17H24N2O4. The zero-order chi connectivity index (χ0) is 17.0. The van der Waals surface area contributed by atoms with E-state index >= 15 is 0 Å². The largest absolute Gasteiger partial charge is 0.481 e. The van der Waals surface area contributed by atoms with Crippen molar-refractivity contribution in [3.8, 4) is 0 Å². The summed E-state index contributed by atoms with van der Waals surface area (Å²) in [6.45, 7) is 4.13. The molecule has 0 saturated heterocycles. The summed E-state index contributed by atoms with van der Waals surface area (Å²) in [5.41, 5.74) is 1.42. The Hall–Kier alpha value is -2.11. The van der Waals surface area contributed by atoms with E-state index in [1.54, 1.807) is 18.4 Å². The molecule has 0 radical (unpaired) electrons. The first-order chi connectivity index (χ1) is 10.9. The van der Waals surface area contributed by atoms with Crippen LogP contribution in [0.3, 0.4) is 0 Å². The van der Waals surface area contributed by atoms with Crippen LogP contribution in [0.4, 0.5) is 0 Å². The second kappa shape index (κ2) is 7.44. The molecule has 1 aliphatic carbocycles. The monoisotopic (exact) mass is 320 g/mol. The van der Waals surface area contributed by atoms with Gasteiger partial charge in [0.25, 0.3) is 0 Å². The maximum absolute atomic E-state index is 12.2. The van der Waals surface area contributed by atoms with Crippen LogP contribution in [0, 0.1) is 25.7 Å². The lowest BCUT2D eigenvalue weighted by molar-refractivity contribution is -0.145. The average Bonchev–Trinajstić information content (AvgIpc) is 2.49. The predicted octanol–water partition coefficient (Wildman–Crippen LogP) is 1.47. The number of aromatic nitrogens is 1. The van der Waals surface area contributed by atoms with Gasteiger partial charge in [0, 0.05) is 30.1 Å². The minimum Gasteiger partial charge on any atom is -0.481 e. The third-order valence-electron chi connectivity index (χ3n) is 4.64. The highest BCUT2D eigenvalue weighted by atomic mass is 16.4. The second-order valence-corrected chi connectivity index (χ2v) is 6.35. The minimum atomic E-state index is -0.768. The summed E-state index contributed by atoms with van der Waals surface area (Å²) in [6, 6.07) is 3.00. The molecule has 0 bridgehead atoms. The summed E-state index contributed by atoms with van der Waals surface area (Å²) in [5, 5.41) is 12.1. The van der Waals surface area contributed by atoms with Crippen LogP contribution in [0.5, 0.6) is 0 Å². The Labute approximate surface area is 135 Å². The van der Waals surface area contributed by atoms with E-state index in [1.807, 2.05) is 0 Å². The Kier molecular flexibility index (Phi) is 5.58. The van der Waals surface area contributed by atoms with Crippen LogP contribution in [0.15, 0.2) is 16.9 Å². The summed E-state index contributed by atoms with van der Waals surface area (Å²) in [4.78, 5) is 34.9. The Bertz CT molecular complexity index is 624. The molecule has 1 aliphatic rings. The number of rotatable bonds is 5. The summed E-state index contributed by atoms with van der Waals surface area (Å²) >= 11 is 0. The molecule has 1 amide bonds. The topological polar surface area (TPSA) is 88.4 Å². The van der Waals surface area contributed by atoms with Crippen molar-refractivity contribution in [3.05, 3.63) is 33.7 Å². The van der Waals surface area contributed by atoms with E-state index in [0.717, 1.165) is 30.7 Å². The molecule has 6 heteroatoms. The Morgan fingerprint density at radius 1 is 1.22 bits per heavy atom. The predicted molar refractivity (Wildman–Crippen MR) is 86.3 cm³/mol. The van der Waals surface area contributed by atoms with Gasteiger partial charge >= 0.3 is 5.97 Å². The summed E-state index contributed by atoms with van der Waals surface area (Å²) in [7, 11) is 0. The standard InChI is InChI=1S/C17H24N2O4/c1-11-7-14(20)8-12(2)19(11)10-16(21)18-9-13-5-3-4-6-15(13)17(22)23/h7-8,13,15H,3-6,9-10H2,1-2H3,(H,18,21)(H,22,23)/t13-,15-/m0/s1. The molecule has 6 nitrogen and oxygen atoms in total. The molecule has 2 N–H and O–H groups in total. The number of nitrogens with one attached hydrogen (secondary N) is 1. The number of pyridine rings is 1. The van der Waals surface area contributed by atoms with Gasteiger partial charge in [0.1, 0.15) is 6.54 Å². The number of amides is 1. The third kappa shape index (κ3) is 4.43. The number of carbonyl (C=O) groups excluding carboxylic acids is 1. The van der Waals surface area contributed by atoms with Crippen molar-refractivity contribution < 1.29 is 14.7 Å². The lowest BCUT2D eigenvalue weighted by atomic mass is 9.79. The number of carboxylic acids is 1. The molecule has 1 aromatic heterocycles. The first-order valence-corrected chi connectivity index (χ1v) is 8.06. The molecule has 1 saturated carbocycles. The fourth-order valence-corrected chi connectivity index (χ4v) is 3.36. The molecule has 2 atom stereocenters. The van der Waals surface area contributed by atoms with Crippen LogP contribution in [-0.4, -0.2) is 28.1 Å². The van der Waals surface area contributed by atoms with Crippen LogP contribution in [0.2, 0.25) is 0 Å². The van der Waals surface area contributed by atoms with Gasteiger partial charge in [0.05, 0.1) is 5.92 Å². The summed E-state index contributed by atoms with van der Waals surface area (Å²) in [5.74, 6) is -1.29. The smallest absolute Gasteiger partial charge is 0.306 e. The molecule has 1 aromatic rings. The van der Waals surface area contributed by atoms with Gasteiger partial charge in [-0.25, -0.2) is 0 Å². The molecule has 23 heavy (non-hydrogen) atoms. The molecule has 0 spiro atoms. The molecule has 126 valence electrons. The first-order valence-electron chi connectivity index (χ1n) is 8.06. The van der Waals surface area contributed by atoms with E-state index in [2.05, 4.69) is 5.32 Å². The number of carboxylic acid groups (broad SMARTS) is 1. The van der Waals surface area contributed by atoms with E-state index in [4.69, 9.17) is 0 Å². The molecule has 1 fully saturated rings. The van der Waals surface area contributed by atoms with Crippen molar-refractivity contribution in [2.75, 3.05) is 6.54 Å². The average molecular weight is 320 g/mol. The van der Waals surface area contributed by atoms with Gasteiger partial charge in [0.15, 0.2) is 5.43 Å². The SMILES string of the molecule is Cc1cc(=O)cc(C)n1CC(=O)NC[C@@H]1CCCC[C@@H]1C(=O)O. The zero-order valence-corrected chi connectivity index (χ0v) is 13.7. The number of nitrogens with zero attached hydrogens (tertiary/aromatic N) is 1. The van der Waals surface area contributed by atoms with Gasteiger partial charge in [0.2, 0.25) is 5.91 Å². The van der Waals surface area contributed by atoms with E-state index < -0.39 is 5.97 Å².